The van der Waals surface area contributed by atoms with Gasteiger partial charge >= 0.3 is 5.97 Å². The highest BCUT2D eigenvalue weighted by Gasteiger charge is 2.15. The summed E-state index contributed by atoms with van der Waals surface area (Å²) in [5.74, 6) is -0.184. The molecule has 0 amide bonds. The Kier molecular flexibility index (Phi) is 19.3. The standard InChI is InChI=1S/C25H46O4/c1-4-6-7-8-9-11-14-17-23(21-26)18-15-12-10-13-16-19-24(20-22(3)27)29-25(28)5-2/h5,21-24,27H,2,4,6-20H2,1,3H3. The van der Waals surface area contributed by atoms with E-state index in [2.05, 4.69) is 13.5 Å². The molecule has 0 aromatic heterocycles. The second-order valence-corrected chi connectivity index (χ2v) is 8.50. The zero-order valence-corrected chi connectivity index (χ0v) is 19.1. The first kappa shape index (κ1) is 27.8. The second kappa shape index (κ2) is 20.1. The van der Waals surface area contributed by atoms with Crippen LogP contribution in [0.3, 0.4) is 0 Å². The first-order chi connectivity index (χ1) is 14.0. The van der Waals surface area contributed by atoms with Gasteiger partial charge in [0.1, 0.15) is 12.4 Å². The smallest absolute Gasteiger partial charge is 0.330 e. The van der Waals surface area contributed by atoms with Gasteiger partial charge in [0.2, 0.25) is 0 Å². The van der Waals surface area contributed by atoms with Crippen molar-refractivity contribution >= 4 is 12.3 Å². The number of aldehydes is 1. The summed E-state index contributed by atoms with van der Waals surface area (Å²) in [6.45, 7) is 7.37. The van der Waals surface area contributed by atoms with Gasteiger partial charge < -0.3 is 14.6 Å². The summed E-state index contributed by atoms with van der Waals surface area (Å²) in [7, 11) is 0. The van der Waals surface area contributed by atoms with Crippen LogP contribution in [0.25, 0.3) is 0 Å². The third-order valence-electron chi connectivity index (χ3n) is 5.53. The lowest BCUT2D eigenvalue weighted by molar-refractivity contribution is -0.144. The zero-order valence-electron chi connectivity index (χ0n) is 19.1. The molecule has 0 fully saturated rings. The van der Waals surface area contributed by atoms with Crippen LogP contribution in [0.1, 0.15) is 117 Å². The van der Waals surface area contributed by atoms with Gasteiger partial charge in [-0.2, -0.15) is 0 Å². The Morgan fingerprint density at radius 3 is 1.83 bits per heavy atom. The van der Waals surface area contributed by atoms with E-state index in [0.717, 1.165) is 57.7 Å². The van der Waals surface area contributed by atoms with Crippen molar-refractivity contribution < 1.29 is 19.4 Å². The number of aliphatic hydroxyl groups is 1. The maximum atomic E-state index is 11.4. The molecule has 4 heteroatoms. The molecule has 0 aromatic rings. The predicted molar refractivity (Wildman–Crippen MR) is 121 cm³/mol. The largest absolute Gasteiger partial charge is 0.459 e. The molecule has 4 nitrogen and oxygen atoms in total. The number of hydrogen-bond acceptors (Lipinski definition) is 4. The fourth-order valence-electron chi connectivity index (χ4n) is 3.77. The Balaban J connectivity index is 3.72. The molecule has 3 unspecified atom stereocenters. The summed E-state index contributed by atoms with van der Waals surface area (Å²) in [6.07, 6.45) is 19.5. The van der Waals surface area contributed by atoms with E-state index in [9.17, 15) is 14.7 Å². The van der Waals surface area contributed by atoms with Gasteiger partial charge in [0.25, 0.3) is 0 Å². The van der Waals surface area contributed by atoms with Gasteiger partial charge in [0.05, 0.1) is 6.10 Å². The number of carbonyl (C=O) groups excluding carboxylic acids is 2. The zero-order chi connectivity index (χ0) is 21.7. The molecule has 1 N–H and O–H groups in total. The lowest BCUT2D eigenvalue weighted by Gasteiger charge is -2.18. The van der Waals surface area contributed by atoms with Crippen molar-refractivity contribution in [1.29, 1.82) is 0 Å². The molecule has 0 aliphatic rings. The number of ether oxygens (including phenoxy) is 1. The molecule has 0 aliphatic heterocycles. The van der Waals surface area contributed by atoms with E-state index in [4.69, 9.17) is 4.74 Å². The Morgan fingerprint density at radius 1 is 0.897 bits per heavy atom. The van der Waals surface area contributed by atoms with Crippen LogP contribution < -0.4 is 0 Å². The van der Waals surface area contributed by atoms with E-state index >= 15 is 0 Å². The van der Waals surface area contributed by atoms with Gasteiger partial charge in [-0.15, -0.1) is 0 Å². The van der Waals surface area contributed by atoms with Gasteiger partial charge in [-0.1, -0.05) is 84.1 Å². The number of carbonyl (C=O) groups is 2. The van der Waals surface area contributed by atoms with Crippen LogP contribution in [0.2, 0.25) is 0 Å². The van der Waals surface area contributed by atoms with Crippen LogP contribution in [0.5, 0.6) is 0 Å². The molecular weight excluding hydrogens is 364 g/mol. The minimum absolute atomic E-state index is 0.234. The molecule has 0 saturated carbocycles. The summed E-state index contributed by atoms with van der Waals surface area (Å²) in [5.41, 5.74) is 0. The summed E-state index contributed by atoms with van der Waals surface area (Å²) in [5, 5.41) is 9.54. The van der Waals surface area contributed by atoms with Gasteiger partial charge in [0.15, 0.2) is 0 Å². The fourth-order valence-corrected chi connectivity index (χ4v) is 3.77. The van der Waals surface area contributed by atoms with Crippen LogP contribution in [0.15, 0.2) is 12.7 Å². The lowest BCUT2D eigenvalue weighted by atomic mass is 9.95. The fraction of sp³-hybridized carbons (Fsp3) is 0.840. The molecular formula is C25H46O4. The van der Waals surface area contributed by atoms with Crippen molar-refractivity contribution in [3.8, 4) is 0 Å². The van der Waals surface area contributed by atoms with Crippen molar-refractivity contribution in [3.63, 3.8) is 0 Å². The monoisotopic (exact) mass is 410 g/mol. The van der Waals surface area contributed by atoms with Crippen molar-refractivity contribution in [1.82, 2.24) is 0 Å². The first-order valence-corrected chi connectivity index (χ1v) is 12.0. The van der Waals surface area contributed by atoms with Crippen LogP contribution in [-0.4, -0.2) is 29.6 Å². The quantitative estimate of drug-likeness (QED) is 0.101. The average molecular weight is 411 g/mol. The van der Waals surface area contributed by atoms with E-state index in [-0.39, 0.29) is 12.0 Å². The van der Waals surface area contributed by atoms with E-state index in [1.807, 2.05) is 0 Å². The maximum Gasteiger partial charge on any atom is 0.330 e. The molecule has 0 heterocycles. The summed E-state index contributed by atoms with van der Waals surface area (Å²) in [6, 6.07) is 0. The van der Waals surface area contributed by atoms with Gasteiger partial charge in [-0.3, -0.25) is 0 Å². The van der Waals surface area contributed by atoms with Crippen LogP contribution in [0, 0.1) is 5.92 Å². The average Bonchev–Trinajstić information content (AvgIpc) is 2.70. The van der Waals surface area contributed by atoms with Crippen molar-refractivity contribution in [2.24, 2.45) is 5.92 Å². The number of unbranched alkanes of at least 4 members (excludes halogenated alkanes) is 10. The predicted octanol–water partition coefficient (Wildman–Crippen LogP) is 6.54. The van der Waals surface area contributed by atoms with Crippen molar-refractivity contribution in [2.75, 3.05) is 0 Å². The van der Waals surface area contributed by atoms with Gasteiger partial charge in [0, 0.05) is 18.4 Å². The molecule has 0 spiro atoms. The third kappa shape index (κ3) is 18.6. The number of hydrogen-bond donors (Lipinski definition) is 1. The normalized spacial score (nSPS) is 14.2. The van der Waals surface area contributed by atoms with Crippen LogP contribution in [0.4, 0.5) is 0 Å². The molecule has 0 aromatic carbocycles. The topological polar surface area (TPSA) is 63.6 Å². The Hall–Kier alpha value is -1.16. The molecule has 0 aliphatic carbocycles. The number of aliphatic hydroxyl groups excluding tert-OH is 1. The minimum Gasteiger partial charge on any atom is -0.459 e. The molecule has 0 saturated heterocycles. The summed E-state index contributed by atoms with van der Waals surface area (Å²) in [4.78, 5) is 22.7. The highest BCUT2D eigenvalue weighted by Crippen LogP contribution is 2.19. The minimum atomic E-state index is -0.478. The second-order valence-electron chi connectivity index (χ2n) is 8.50. The van der Waals surface area contributed by atoms with Gasteiger partial charge in [-0.05, 0) is 32.6 Å². The van der Waals surface area contributed by atoms with E-state index in [0.29, 0.717) is 6.42 Å². The molecule has 0 bridgehead atoms. The van der Waals surface area contributed by atoms with Crippen LogP contribution >= 0.6 is 0 Å². The maximum absolute atomic E-state index is 11.4. The highest BCUT2D eigenvalue weighted by atomic mass is 16.5. The molecule has 170 valence electrons. The summed E-state index contributed by atoms with van der Waals surface area (Å²) >= 11 is 0. The third-order valence-corrected chi connectivity index (χ3v) is 5.53. The van der Waals surface area contributed by atoms with E-state index in [1.165, 1.54) is 51.0 Å². The molecule has 29 heavy (non-hydrogen) atoms. The molecule has 0 radical (unpaired) electrons. The molecule has 0 rings (SSSR count). The van der Waals surface area contributed by atoms with Gasteiger partial charge in [-0.25, -0.2) is 4.79 Å². The van der Waals surface area contributed by atoms with E-state index < -0.39 is 12.1 Å². The number of rotatable bonds is 21. The lowest BCUT2D eigenvalue weighted by Crippen LogP contribution is -2.21. The first-order valence-electron chi connectivity index (χ1n) is 12.0. The Labute approximate surface area is 179 Å². The van der Waals surface area contributed by atoms with Crippen molar-refractivity contribution in [3.05, 3.63) is 12.7 Å². The summed E-state index contributed by atoms with van der Waals surface area (Å²) < 4.78 is 5.30. The highest BCUT2D eigenvalue weighted by molar-refractivity contribution is 5.81. The Morgan fingerprint density at radius 2 is 1.38 bits per heavy atom. The number of esters is 1. The van der Waals surface area contributed by atoms with Crippen molar-refractivity contribution in [2.45, 2.75) is 129 Å². The SMILES string of the molecule is C=CC(=O)OC(CCCCCCCC(C=O)CCCCCCCCC)CC(C)O. The van der Waals surface area contributed by atoms with E-state index in [1.54, 1.807) is 6.92 Å². The molecule has 3 atom stereocenters. The van der Waals surface area contributed by atoms with Crippen LogP contribution in [-0.2, 0) is 14.3 Å². The Bertz CT molecular complexity index is 406.